The second-order valence-corrected chi connectivity index (χ2v) is 5.98. The number of aromatic nitrogens is 2. The molecule has 0 atom stereocenters. The number of hydrogen-bond donors (Lipinski definition) is 1. The number of thioether (sulfide) groups is 1. The molecule has 24 heavy (non-hydrogen) atoms. The predicted octanol–water partition coefficient (Wildman–Crippen LogP) is 3.32. The van der Waals surface area contributed by atoms with Gasteiger partial charge in [0.25, 0.3) is 0 Å². The maximum absolute atomic E-state index is 4.97. The van der Waals surface area contributed by atoms with E-state index < -0.39 is 0 Å². The third kappa shape index (κ3) is 6.31. The van der Waals surface area contributed by atoms with E-state index in [1.165, 1.54) is 10.5 Å². The zero-order valence-electron chi connectivity index (χ0n) is 14.4. The Labute approximate surface area is 164 Å². The maximum atomic E-state index is 4.97. The van der Waals surface area contributed by atoms with Crippen LogP contribution in [0, 0.1) is 6.92 Å². The lowest BCUT2D eigenvalue weighted by Gasteiger charge is -2.22. The Morgan fingerprint density at radius 3 is 2.58 bits per heavy atom. The van der Waals surface area contributed by atoms with Gasteiger partial charge in [-0.1, -0.05) is 17.3 Å². The zero-order valence-corrected chi connectivity index (χ0v) is 17.6. The molecule has 0 aliphatic rings. The van der Waals surface area contributed by atoms with E-state index in [0.717, 1.165) is 19.0 Å². The minimum atomic E-state index is 0. The van der Waals surface area contributed by atoms with Gasteiger partial charge in [0, 0.05) is 32.0 Å². The third-order valence-electron chi connectivity index (χ3n) is 3.22. The molecule has 0 radical (unpaired) electrons. The molecule has 0 aliphatic heterocycles. The Hall–Kier alpha value is -1.29. The molecule has 0 unspecified atom stereocenters. The zero-order chi connectivity index (χ0) is 16.7. The molecule has 0 saturated carbocycles. The van der Waals surface area contributed by atoms with E-state index in [2.05, 4.69) is 62.8 Å². The van der Waals surface area contributed by atoms with E-state index in [4.69, 9.17) is 4.52 Å². The van der Waals surface area contributed by atoms with Crippen molar-refractivity contribution in [2.45, 2.75) is 31.8 Å². The molecular weight excluding hydrogens is 437 g/mol. The standard InChI is InChI=1S/C16H23N5OS.HI/c1-5-17-16(18-10-15-19-12(2)22-20-15)21(3)11-13-6-8-14(23-4)9-7-13;/h6-9H,5,10-11H2,1-4H3,(H,17,18);1H. The number of halogens is 1. The Morgan fingerprint density at radius 2 is 2.04 bits per heavy atom. The average Bonchev–Trinajstić information content (AvgIpc) is 2.97. The lowest BCUT2D eigenvalue weighted by Crippen LogP contribution is -2.38. The van der Waals surface area contributed by atoms with Gasteiger partial charge in [0.15, 0.2) is 11.8 Å². The molecule has 132 valence electrons. The summed E-state index contributed by atoms with van der Waals surface area (Å²) < 4.78 is 4.97. The molecule has 0 bridgehead atoms. The first kappa shape index (κ1) is 20.8. The van der Waals surface area contributed by atoms with E-state index >= 15 is 0 Å². The maximum Gasteiger partial charge on any atom is 0.223 e. The largest absolute Gasteiger partial charge is 0.357 e. The summed E-state index contributed by atoms with van der Waals surface area (Å²) >= 11 is 1.75. The van der Waals surface area contributed by atoms with Crippen molar-refractivity contribution in [3.05, 3.63) is 41.5 Å². The monoisotopic (exact) mass is 461 g/mol. The average molecular weight is 461 g/mol. The van der Waals surface area contributed by atoms with Crippen LogP contribution in [0.25, 0.3) is 0 Å². The lowest BCUT2D eigenvalue weighted by atomic mass is 10.2. The summed E-state index contributed by atoms with van der Waals surface area (Å²) in [6, 6.07) is 8.57. The van der Waals surface area contributed by atoms with Gasteiger partial charge in [0.2, 0.25) is 5.89 Å². The molecule has 1 heterocycles. The fraction of sp³-hybridized carbons (Fsp3) is 0.438. The first-order valence-corrected chi connectivity index (χ1v) is 8.76. The minimum Gasteiger partial charge on any atom is -0.357 e. The van der Waals surface area contributed by atoms with E-state index in [1.54, 1.807) is 18.7 Å². The second kappa shape index (κ2) is 10.5. The van der Waals surface area contributed by atoms with Crippen LogP contribution in [0.2, 0.25) is 0 Å². The molecule has 2 aromatic rings. The second-order valence-electron chi connectivity index (χ2n) is 5.10. The van der Waals surface area contributed by atoms with Crippen LogP contribution in [-0.4, -0.2) is 40.8 Å². The molecular formula is C16H24IN5OS. The molecule has 0 fully saturated rings. The molecule has 0 aliphatic carbocycles. The molecule has 1 N–H and O–H groups in total. The van der Waals surface area contributed by atoms with Crippen LogP contribution < -0.4 is 5.32 Å². The number of aliphatic imine (C=N–C) groups is 1. The Kier molecular flexibility index (Phi) is 9.12. The molecule has 1 aromatic heterocycles. The van der Waals surface area contributed by atoms with Crippen LogP contribution in [0.5, 0.6) is 0 Å². The minimum absolute atomic E-state index is 0. The SMILES string of the molecule is CCNC(=NCc1noc(C)n1)N(C)Cc1ccc(SC)cc1.I. The van der Waals surface area contributed by atoms with Crippen LogP contribution in [0.4, 0.5) is 0 Å². The van der Waals surface area contributed by atoms with Crippen molar-refractivity contribution in [3.63, 3.8) is 0 Å². The van der Waals surface area contributed by atoms with Crippen LogP contribution in [-0.2, 0) is 13.1 Å². The summed E-state index contributed by atoms with van der Waals surface area (Å²) in [4.78, 5) is 12.1. The van der Waals surface area contributed by atoms with E-state index in [0.29, 0.717) is 18.3 Å². The van der Waals surface area contributed by atoms with Crippen molar-refractivity contribution < 1.29 is 4.52 Å². The molecule has 6 nitrogen and oxygen atoms in total. The van der Waals surface area contributed by atoms with Crippen molar-refractivity contribution in [2.75, 3.05) is 19.8 Å². The van der Waals surface area contributed by atoms with Gasteiger partial charge >= 0.3 is 0 Å². The summed E-state index contributed by atoms with van der Waals surface area (Å²) in [6.45, 7) is 5.81. The summed E-state index contributed by atoms with van der Waals surface area (Å²) in [5, 5.41) is 7.16. The Morgan fingerprint density at radius 1 is 1.33 bits per heavy atom. The van der Waals surface area contributed by atoms with Gasteiger partial charge in [0.1, 0.15) is 6.54 Å². The quantitative estimate of drug-likeness (QED) is 0.308. The number of rotatable bonds is 6. The molecule has 8 heteroatoms. The Balaban J connectivity index is 0.00000288. The van der Waals surface area contributed by atoms with Crippen LogP contribution in [0.3, 0.4) is 0 Å². The van der Waals surface area contributed by atoms with Gasteiger partial charge in [-0.05, 0) is 30.9 Å². The van der Waals surface area contributed by atoms with Crippen LogP contribution >= 0.6 is 35.7 Å². The summed E-state index contributed by atoms with van der Waals surface area (Å²) in [5.41, 5.74) is 1.24. The summed E-state index contributed by atoms with van der Waals surface area (Å²) in [7, 11) is 2.02. The number of nitrogens with zero attached hydrogens (tertiary/aromatic N) is 4. The first-order valence-electron chi connectivity index (χ1n) is 7.54. The molecule has 0 spiro atoms. The topological polar surface area (TPSA) is 66.5 Å². The van der Waals surface area contributed by atoms with E-state index in [9.17, 15) is 0 Å². The van der Waals surface area contributed by atoms with Crippen LogP contribution in [0.15, 0.2) is 38.7 Å². The third-order valence-corrected chi connectivity index (χ3v) is 3.96. The predicted molar refractivity (Wildman–Crippen MR) is 109 cm³/mol. The van der Waals surface area contributed by atoms with Crippen molar-refractivity contribution >= 4 is 41.7 Å². The van der Waals surface area contributed by atoms with Crippen molar-refractivity contribution in [1.82, 2.24) is 20.4 Å². The highest BCUT2D eigenvalue weighted by molar-refractivity contribution is 14.0. The number of guanidine groups is 1. The van der Waals surface area contributed by atoms with Gasteiger partial charge < -0.3 is 14.7 Å². The molecule has 0 amide bonds. The number of nitrogens with one attached hydrogen (secondary N) is 1. The number of hydrogen-bond acceptors (Lipinski definition) is 5. The molecule has 1 aromatic carbocycles. The number of aryl methyl sites for hydroxylation is 1. The lowest BCUT2D eigenvalue weighted by molar-refractivity contribution is 0.387. The van der Waals surface area contributed by atoms with E-state index in [1.807, 2.05) is 7.05 Å². The van der Waals surface area contributed by atoms with E-state index in [-0.39, 0.29) is 24.0 Å². The summed E-state index contributed by atoms with van der Waals surface area (Å²) in [6.07, 6.45) is 2.08. The van der Waals surface area contributed by atoms with Crippen LogP contribution in [0.1, 0.15) is 24.2 Å². The number of benzene rings is 1. The molecule has 2 rings (SSSR count). The van der Waals surface area contributed by atoms with Gasteiger partial charge in [-0.3, -0.25) is 0 Å². The van der Waals surface area contributed by atoms with Gasteiger partial charge in [0.05, 0.1) is 0 Å². The fourth-order valence-electron chi connectivity index (χ4n) is 2.10. The van der Waals surface area contributed by atoms with Crippen molar-refractivity contribution in [2.24, 2.45) is 4.99 Å². The fourth-order valence-corrected chi connectivity index (χ4v) is 2.51. The highest BCUT2D eigenvalue weighted by Gasteiger charge is 2.08. The Bertz CT molecular complexity index is 644. The van der Waals surface area contributed by atoms with Gasteiger partial charge in [-0.2, -0.15) is 4.98 Å². The van der Waals surface area contributed by atoms with Crippen molar-refractivity contribution in [1.29, 1.82) is 0 Å². The van der Waals surface area contributed by atoms with Gasteiger partial charge in [-0.25, -0.2) is 4.99 Å². The van der Waals surface area contributed by atoms with Gasteiger partial charge in [-0.15, -0.1) is 35.7 Å². The first-order chi connectivity index (χ1) is 11.1. The highest BCUT2D eigenvalue weighted by Crippen LogP contribution is 2.15. The normalized spacial score (nSPS) is 11.1. The summed E-state index contributed by atoms with van der Waals surface area (Å²) in [5.74, 6) is 1.97. The molecule has 0 saturated heterocycles. The smallest absolute Gasteiger partial charge is 0.223 e. The van der Waals surface area contributed by atoms with Crippen molar-refractivity contribution in [3.8, 4) is 0 Å². The highest BCUT2D eigenvalue weighted by atomic mass is 127.